The van der Waals surface area contributed by atoms with Crippen LogP contribution in [0.4, 0.5) is 5.69 Å². The molecule has 2 atom stereocenters. The van der Waals surface area contributed by atoms with Gasteiger partial charge in [-0.05, 0) is 70.7 Å². The van der Waals surface area contributed by atoms with Crippen LogP contribution in [0.2, 0.25) is 0 Å². The number of hydrogen-bond donors (Lipinski definition) is 2. The first-order valence-corrected chi connectivity index (χ1v) is 14.2. The van der Waals surface area contributed by atoms with Crippen molar-refractivity contribution < 1.29 is 22.9 Å². The van der Waals surface area contributed by atoms with Gasteiger partial charge in [-0.15, -0.1) is 0 Å². The number of non-ortho nitro benzene ring substituents is 1. The number of aromatic nitrogens is 2. The standard InChI is InChI=1S/C27H35N5O6S/c1-8-18(5)28-26(33)25-20(7)27(31(29-25)22-14-16(3)10-11-17(22)4)38-23-13-12-21(32(34)35)15-24(23)39(36,37)30-19(6)9-2/h10-15,18-19,30H,8-9H2,1-7H3,(H,28,33)/t18-,19+/m0/s1. The predicted molar refractivity (Wildman–Crippen MR) is 148 cm³/mol. The van der Waals surface area contributed by atoms with Crippen LogP contribution in [0.5, 0.6) is 11.6 Å². The molecule has 0 unspecified atom stereocenters. The molecule has 1 amide bonds. The molecule has 0 spiro atoms. The molecule has 1 heterocycles. The maximum absolute atomic E-state index is 13.3. The van der Waals surface area contributed by atoms with Crippen LogP contribution in [-0.4, -0.2) is 41.1 Å². The lowest BCUT2D eigenvalue weighted by atomic mass is 10.1. The van der Waals surface area contributed by atoms with Crippen molar-refractivity contribution in [3.05, 3.63) is 68.9 Å². The van der Waals surface area contributed by atoms with Crippen LogP contribution in [-0.2, 0) is 10.0 Å². The average Bonchev–Trinajstić information content (AvgIpc) is 3.20. The molecule has 0 fully saturated rings. The molecule has 12 heteroatoms. The number of amides is 1. The smallest absolute Gasteiger partial charge is 0.272 e. The van der Waals surface area contributed by atoms with Crippen molar-refractivity contribution >= 4 is 21.6 Å². The molecule has 2 N–H and O–H groups in total. The summed E-state index contributed by atoms with van der Waals surface area (Å²) in [4.78, 5) is 23.5. The zero-order chi connectivity index (χ0) is 29.1. The summed E-state index contributed by atoms with van der Waals surface area (Å²) >= 11 is 0. The third kappa shape index (κ3) is 6.63. The summed E-state index contributed by atoms with van der Waals surface area (Å²) in [5, 5.41) is 18.9. The highest BCUT2D eigenvalue weighted by atomic mass is 32.2. The van der Waals surface area contributed by atoms with Crippen molar-refractivity contribution in [3.8, 4) is 17.3 Å². The summed E-state index contributed by atoms with van der Waals surface area (Å²) in [7, 11) is -4.20. The highest BCUT2D eigenvalue weighted by molar-refractivity contribution is 7.89. The monoisotopic (exact) mass is 557 g/mol. The molecule has 11 nitrogen and oxygen atoms in total. The van der Waals surface area contributed by atoms with E-state index < -0.39 is 37.5 Å². The third-order valence-corrected chi connectivity index (χ3v) is 8.08. The molecule has 210 valence electrons. The Kier molecular flexibility index (Phi) is 9.13. The normalized spacial score (nSPS) is 13.1. The van der Waals surface area contributed by atoms with E-state index in [2.05, 4.69) is 15.1 Å². The van der Waals surface area contributed by atoms with Crippen molar-refractivity contribution in [1.82, 2.24) is 19.8 Å². The van der Waals surface area contributed by atoms with Crippen LogP contribution in [0.1, 0.15) is 67.7 Å². The van der Waals surface area contributed by atoms with Crippen LogP contribution in [0, 0.1) is 30.9 Å². The number of carbonyl (C=O) groups is 1. The van der Waals surface area contributed by atoms with E-state index in [4.69, 9.17) is 4.74 Å². The SMILES string of the molecule is CC[C@@H](C)NS(=O)(=O)c1cc([N+](=O)[O-])ccc1Oc1c(C)c(C(=O)N[C@@H](C)CC)nn1-c1cc(C)ccc1C. The van der Waals surface area contributed by atoms with Crippen LogP contribution in [0.3, 0.4) is 0 Å². The topological polar surface area (TPSA) is 145 Å². The van der Waals surface area contributed by atoms with Crippen molar-refractivity contribution in [2.45, 2.75) is 78.3 Å². The minimum absolute atomic E-state index is 0.0924. The van der Waals surface area contributed by atoms with Gasteiger partial charge in [-0.25, -0.2) is 13.1 Å². The molecular formula is C27H35N5O6S. The molecular weight excluding hydrogens is 522 g/mol. The number of nitro groups is 1. The second-order valence-electron chi connectivity index (χ2n) is 9.68. The Balaban J connectivity index is 2.24. The Morgan fingerprint density at radius 3 is 2.36 bits per heavy atom. The number of rotatable bonds is 11. The van der Waals surface area contributed by atoms with Gasteiger partial charge in [-0.1, -0.05) is 26.0 Å². The van der Waals surface area contributed by atoms with Gasteiger partial charge in [0.25, 0.3) is 11.6 Å². The van der Waals surface area contributed by atoms with Gasteiger partial charge in [-0.3, -0.25) is 14.9 Å². The largest absolute Gasteiger partial charge is 0.437 e. The van der Waals surface area contributed by atoms with E-state index in [0.29, 0.717) is 17.7 Å². The Morgan fingerprint density at radius 2 is 1.74 bits per heavy atom. The fraction of sp³-hybridized carbons (Fsp3) is 0.407. The Bertz CT molecular complexity index is 1500. The molecule has 0 aliphatic heterocycles. The van der Waals surface area contributed by atoms with Crippen molar-refractivity contribution in [2.75, 3.05) is 0 Å². The van der Waals surface area contributed by atoms with Gasteiger partial charge in [-0.2, -0.15) is 9.78 Å². The molecule has 39 heavy (non-hydrogen) atoms. The van der Waals surface area contributed by atoms with Gasteiger partial charge in [0.1, 0.15) is 10.6 Å². The molecule has 3 aromatic rings. The summed E-state index contributed by atoms with van der Waals surface area (Å²) in [5.74, 6) is -0.419. The van der Waals surface area contributed by atoms with Gasteiger partial charge < -0.3 is 10.1 Å². The number of aryl methyl sites for hydroxylation is 2. The third-order valence-electron chi connectivity index (χ3n) is 6.47. The molecule has 0 bridgehead atoms. The maximum atomic E-state index is 13.3. The average molecular weight is 558 g/mol. The van der Waals surface area contributed by atoms with Gasteiger partial charge in [0.05, 0.1) is 10.6 Å². The number of benzene rings is 2. The first kappa shape index (κ1) is 29.8. The first-order valence-electron chi connectivity index (χ1n) is 12.8. The number of nitrogens with one attached hydrogen (secondary N) is 2. The van der Waals surface area contributed by atoms with Gasteiger partial charge >= 0.3 is 0 Å². The van der Waals surface area contributed by atoms with Crippen molar-refractivity contribution in [2.24, 2.45) is 0 Å². The number of sulfonamides is 1. The number of nitro benzene ring substituents is 1. The quantitative estimate of drug-likeness (QED) is 0.246. The second-order valence-corrected chi connectivity index (χ2v) is 11.4. The number of ether oxygens (including phenoxy) is 1. The summed E-state index contributed by atoms with van der Waals surface area (Å²) in [6.07, 6.45) is 1.23. The molecule has 0 aliphatic carbocycles. The fourth-order valence-corrected chi connectivity index (χ4v) is 5.22. The molecule has 3 rings (SSSR count). The predicted octanol–water partition coefficient (Wildman–Crippen LogP) is 5.10. The molecule has 0 saturated heterocycles. The van der Waals surface area contributed by atoms with E-state index in [1.807, 2.05) is 52.8 Å². The van der Waals surface area contributed by atoms with E-state index in [1.165, 1.54) is 16.8 Å². The van der Waals surface area contributed by atoms with Crippen molar-refractivity contribution in [3.63, 3.8) is 0 Å². The molecule has 0 aliphatic rings. The van der Waals surface area contributed by atoms with Gasteiger partial charge in [0.15, 0.2) is 5.69 Å². The number of carbonyl (C=O) groups excluding carboxylic acids is 1. The lowest BCUT2D eigenvalue weighted by Gasteiger charge is -2.17. The van der Waals surface area contributed by atoms with E-state index in [0.717, 1.165) is 23.6 Å². The molecule has 0 radical (unpaired) electrons. The maximum Gasteiger partial charge on any atom is 0.272 e. The van der Waals surface area contributed by atoms with Crippen molar-refractivity contribution in [1.29, 1.82) is 0 Å². The van der Waals surface area contributed by atoms with Crippen LogP contribution in [0.25, 0.3) is 5.69 Å². The number of hydrogen-bond acceptors (Lipinski definition) is 7. The highest BCUT2D eigenvalue weighted by Crippen LogP contribution is 2.36. The van der Waals surface area contributed by atoms with Crippen LogP contribution < -0.4 is 14.8 Å². The lowest BCUT2D eigenvalue weighted by Crippen LogP contribution is -2.32. The number of nitrogens with zero attached hydrogens (tertiary/aromatic N) is 3. The van der Waals surface area contributed by atoms with Gasteiger partial charge in [0.2, 0.25) is 15.9 Å². The summed E-state index contributed by atoms with van der Waals surface area (Å²) < 4.78 is 36.8. The summed E-state index contributed by atoms with van der Waals surface area (Å²) in [6.45, 7) is 12.8. The minimum atomic E-state index is -4.20. The minimum Gasteiger partial charge on any atom is -0.437 e. The van der Waals surface area contributed by atoms with Crippen LogP contribution >= 0.6 is 0 Å². The zero-order valence-electron chi connectivity index (χ0n) is 23.2. The summed E-state index contributed by atoms with van der Waals surface area (Å²) in [5.41, 5.74) is 2.53. The Labute approximate surface area is 228 Å². The molecule has 2 aromatic carbocycles. The van der Waals surface area contributed by atoms with E-state index >= 15 is 0 Å². The molecule has 0 saturated carbocycles. The van der Waals surface area contributed by atoms with Crippen LogP contribution in [0.15, 0.2) is 41.3 Å². The first-order chi connectivity index (χ1) is 18.3. The van der Waals surface area contributed by atoms with Gasteiger partial charge in [0, 0.05) is 29.8 Å². The van der Waals surface area contributed by atoms with E-state index in [9.17, 15) is 23.3 Å². The molecule has 1 aromatic heterocycles. The Morgan fingerprint density at radius 1 is 1.08 bits per heavy atom. The highest BCUT2D eigenvalue weighted by Gasteiger charge is 2.29. The second kappa shape index (κ2) is 12.0. The zero-order valence-corrected chi connectivity index (χ0v) is 24.0. The lowest BCUT2D eigenvalue weighted by molar-refractivity contribution is -0.385. The Hall–Kier alpha value is -3.77. The van der Waals surface area contributed by atoms with E-state index in [-0.39, 0.29) is 23.4 Å². The fourth-order valence-electron chi connectivity index (χ4n) is 3.74. The summed E-state index contributed by atoms with van der Waals surface area (Å²) in [6, 6.07) is 8.58. The van der Waals surface area contributed by atoms with E-state index in [1.54, 1.807) is 13.8 Å².